The molecule has 1 amide bonds. The number of primary amides is 1. The molecule has 0 saturated carbocycles. The Morgan fingerprint density at radius 2 is 2.00 bits per heavy atom. The van der Waals surface area contributed by atoms with Gasteiger partial charge < -0.3 is 15.2 Å². The van der Waals surface area contributed by atoms with Gasteiger partial charge in [0.2, 0.25) is 0 Å². The smallest absolute Gasteiger partial charge is 0.405 e. The molecule has 0 aliphatic carbocycles. The second kappa shape index (κ2) is 6.78. The Bertz CT molecular complexity index is 877. The third-order valence-electron chi connectivity index (χ3n) is 4.28. The van der Waals surface area contributed by atoms with E-state index in [4.69, 9.17) is 15.2 Å². The molecule has 2 N–H and O–H groups in total. The Balaban J connectivity index is 1.89. The van der Waals surface area contributed by atoms with Crippen molar-refractivity contribution in [1.82, 2.24) is 0 Å². The van der Waals surface area contributed by atoms with E-state index in [9.17, 15) is 13.6 Å². The highest BCUT2D eigenvalue weighted by Gasteiger charge is 2.40. The Morgan fingerprint density at radius 1 is 1.23 bits per heavy atom. The number of benzene rings is 2. The van der Waals surface area contributed by atoms with Crippen molar-refractivity contribution >= 4 is 18.2 Å². The normalized spacial score (nSPS) is 18.2. The van der Waals surface area contributed by atoms with Crippen LogP contribution in [0, 0.1) is 17.0 Å². The lowest BCUT2D eigenvalue weighted by Gasteiger charge is -2.38. The van der Waals surface area contributed by atoms with Gasteiger partial charge in [-0.2, -0.15) is 0 Å². The molecule has 26 heavy (non-hydrogen) atoms. The van der Waals surface area contributed by atoms with Crippen molar-refractivity contribution in [2.75, 3.05) is 6.61 Å². The topological polar surface area (TPSA) is 61.6 Å². The number of carbonyl (C=O) groups is 1. The molecule has 6 heteroatoms. The van der Waals surface area contributed by atoms with Crippen LogP contribution in [0.25, 0.3) is 12.2 Å². The van der Waals surface area contributed by atoms with Crippen LogP contribution in [0.15, 0.2) is 36.4 Å². The largest absolute Gasteiger partial charge is 0.492 e. The van der Waals surface area contributed by atoms with E-state index >= 15 is 0 Å². The first-order valence-corrected chi connectivity index (χ1v) is 8.12. The van der Waals surface area contributed by atoms with E-state index in [2.05, 4.69) is 0 Å². The van der Waals surface area contributed by atoms with E-state index < -0.39 is 29.2 Å². The lowest BCUT2D eigenvalue weighted by atomic mass is 9.81. The van der Waals surface area contributed by atoms with Gasteiger partial charge in [0.1, 0.15) is 23.5 Å². The number of amides is 1. The monoisotopic (exact) mass is 359 g/mol. The van der Waals surface area contributed by atoms with Crippen molar-refractivity contribution in [3.05, 3.63) is 64.7 Å². The molecule has 0 radical (unpaired) electrons. The van der Waals surface area contributed by atoms with Crippen molar-refractivity contribution in [2.45, 2.75) is 20.0 Å². The molecule has 3 rings (SSSR count). The summed E-state index contributed by atoms with van der Waals surface area (Å²) in [7, 11) is 0. The van der Waals surface area contributed by atoms with Crippen LogP contribution in [0.2, 0.25) is 0 Å². The van der Waals surface area contributed by atoms with E-state index in [-0.39, 0.29) is 5.56 Å². The molecule has 4 nitrogen and oxygen atoms in total. The van der Waals surface area contributed by atoms with Crippen LogP contribution < -0.4 is 10.5 Å². The standard InChI is InChI=1S/C20H19F2NO3/c1-20(2)11-25-17-9-12(4-8-15(17)18(20)26-19(23)24)3-5-13-6-7-14(21)10-16(13)22/h3-10,18H,11H2,1-2H3,(H2,23,24)/b5-3+. The van der Waals surface area contributed by atoms with Gasteiger partial charge >= 0.3 is 6.09 Å². The molecule has 1 heterocycles. The SMILES string of the molecule is CC1(C)COc2cc(/C=C/c3ccc(F)cc3F)ccc2C1OC(N)=O. The maximum Gasteiger partial charge on any atom is 0.405 e. The van der Waals surface area contributed by atoms with E-state index in [1.165, 1.54) is 12.1 Å². The van der Waals surface area contributed by atoms with Gasteiger partial charge in [0, 0.05) is 22.6 Å². The summed E-state index contributed by atoms with van der Waals surface area (Å²) in [6, 6.07) is 8.79. The average Bonchev–Trinajstić information content (AvgIpc) is 2.56. The molecule has 1 aliphatic heterocycles. The Hall–Kier alpha value is -2.89. The lowest BCUT2D eigenvalue weighted by Crippen LogP contribution is -2.37. The number of hydrogen-bond donors (Lipinski definition) is 1. The van der Waals surface area contributed by atoms with Crippen molar-refractivity contribution in [3.63, 3.8) is 0 Å². The average molecular weight is 359 g/mol. The molecule has 2 aromatic rings. The van der Waals surface area contributed by atoms with Crippen LogP contribution in [0.4, 0.5) is 13.6 Å². The Labute approximate surface area is 150 Å². The molecular weight excluding hydrogens is 340 g/mol. The quantitative estimate of drug-likeness (QED) is 0.809. The third-order valence-corrected chi connectivity index (χ3v) is 4.28. The van der Waals surface area contributed by atoms with Crippen LogP contribution >= 0.6 is 0 Å². The van der Waals surface area contributed by atoms with Gasteiger partial charge in [0.05, 0.1) is 6.61 Å². The molecular formula is C20H19F2NO3. The molecule has 0 saturated heterocycles. The first kappa shape index (κ1) is 17.9. The molecule has 0 aromatic heterocycles. The summed E-state index contributed by atoms with van der Waals surface area (Å²) in [5.74, 6) is -0.672. The van der Waals surface area contributed by atoms with Gasteiger partial charge in [-0.1, -0.05) is 38.1 Å². The van der Waals surface area contributed by atoms with E-state index in [0.717, 1.165) is 17.2 Å². The highest BCUT2D eigenvalue weighted by molar-refractivity contribution is 5.71. The van der Waals surface area contributed by atoms with Crippen LogP contribution in [-0.2, 0) is 4.74 Å². The summed E-state index contributed by atoms with van der Waals surface area (Å²) in [5.41, 5.74) is 6.55. The minimum atomic E-state index is -0.841. The highest BCUT2D eigenvalue weighted by Crippen LogP contribution is 2.45. The minimum absolute atomic E-state index is 0.279. The van der Waals surface area contributed by atoms with Crippen molar-refractivity contribution in [1.29, 1.82) is 0 Å². The van der Waals surface area contributed by atoms with Gasteiger partial charge in [0.25, 0.3) is 0 Å². The number of rotatable bonds is 3. The van der Waals surface area contributed by atoms with Crippen LogP contribution in [0.1, 0.15) is 36.6 Å². The number of fused-ring (bicyclic) bond motifs is 1. The van der Waals surface area contributed by atoms with Crippen LogP contribution in [0.3, 0.4) is 0 Å². The minimum Gasteiger partial charge on any atom is -0.492 e. The number of halogens is 2. The molecule has 1 atom stereocenters. The van der Waals surface area contributed by atoms with Gasteiger partial charge in [-0.15, -0.1) is 0 Å². The first-order chi connectivity index (χ1) is 12.3. The molecule has 0 bridgehead atoms. The third kappa shape index (κ3) is 3.69. The molecule has 2 aromatic carbocycles. The molecule has 136 valence electrons. The second-order valence-electron chi connectivity index (χ2n) is 6.89. The zero-order chi connectivity index (χ0) is 18.9. The van der Waals surface area contributed by atoms with Gasteiger partial charge in [0.15, 0.2) is 0 Å². The maximum absolute atomic E-state index is 13.7. The summed E-state index contributed by atoms with van der Waals surface area (Å²) in [6.07, 6.45) is 1.90. The number of carbonyl (C=O) groups excluding carboxylic acids is 1. The fourth-order valence-corrected chi connectivity index (χ4v) is 2.92. The maximum atomic E-state index is 13.7. The number of nitrogens with two attached hydrogens (primary N) is 1. The predicted octanol–water partition coefficient (Wildman–Crippen LogP) is 4.69. The van der Waals surface area contributed by atoms with E-state index in [1.54, 1.807) is 30.4 Å². The summed E-state index contributed by atoms with van der Waals surface area (Å²) >= 11 is 0. The zero-order valence-electron chi connectivity index (χ0n) is 14.5. The molecule has 1 aliphatic rings. The number of ether oxygens (including phenoxy) is 2. The summed E-state index contributed by atoms with van der Waals surface area (Å²) in [4.78, 5) is 11.2. The molecule has 0 spiro atoms. The van der Waals surface area contributed by atoms with Crippen LogP contribution in [0.5, 0.6) is 5.75 Å². The van der Waals surface area contributed by atoms with E-state index in [0.29, 0.717) is 12.4 Å². The van der Waals surface area contributed by atoms with E-state index in [1.807, 2.05) is 13.8 Å². The number of hydrogen-bond acceptors (Lipinski definition) is 3. The summed E-state index contributed by atoms with van der Waals surface area (Å²) in [6.45, 7) is 4.21. The fraction of sp³-hybridized carbons (Fsp3) is 0.250. The van der Waals surface area contributed by atoms with Gasteiger partial charge in [-0.05, 0) is 23.8 Å². The Kier molecular flexibility index (Phi) is 4.68. The van der Waals surface area contributed by atoms with Crippen molar-refractivity contribution < 1.29 is 23.0 Å². The lowest BCUT2D eigenvalue weighted by molar-refractivity contribution is -0.0176. The highest BCUT2D eigenvalue weighted by atomic mass is 19.1. The summed E-state index contributed by atoms with van der Waals surface area (Å²) in [5, 5.41) is 0. The van der Waals surface area contributed by atoms with Crippen molar-refractivity contribution in [3.8, 4) is 5.75 Å². The fourth-order valence-electron chi connectivity index (χ4n) is 2.92. The van der Waals surface area contributed by atoms with Gasteiger partial charge in [-0.25, -0.2) is 13.6 Å². The second-order valence-corrected chi connectivity index (χ2v) is 6.89. The summed E-state index contributed by atoms with van der Waals surface area (Å²) < 4.78 is 37.7. The zero-order valence-corrected chi connectivity index (χ0v) is 14.5. The Morgan fingerprint density at radius 3 is 2.69 bits per heavy atom. The predicted molar refractivity (Wildman–Crippen MR) is 94.4 cm³/mol. The van der Waals surface area contributed by atoms with Gasteiger partial charge in [-0.3, -0.25) is 0 Å². The molecule has 0 fully saturated rings. The molecule has 1 unspecified atom stereocenters. The van der Waals surface area contributed by atoms with Crippen LogP contribution in [-0.4, -0.2) is 12.7 Å². The van der Waals surface area contributed by atoms with Crippen molar-refractivity contribution in [2.24, 2.45) is 11.1 Å². The first-order valence-electron chi connectivity index (χ1n) is 8.12.